The highest BCUT2D eigenvalue weighted by atomic mass is 19.1. The first-order valence-corrected chi connectivity index (χ1v) is 4.95. The van der Waals surface area contributed by atoms with E-state index in [0.717, 1.165) is 12.1 Å². The Morgan fingerprint density at radius 1 is 1.33 bits per heavy atom. The van der Waals surface area contributed by atoms with Gasteiger partial charge in [0.05, 0.1) is 11.2 Å². The molecule has 1 aromatic carbocycles. The Labute approximate surface area is 86.7 Å². The van der Waals surface area contributed by atoms with E-state index in [1.54, 1.807) is 0 Å². The number of benzene rings is 1. The van der Waals surface area contributed by atoms with Crippen LogP contribution in [-0.4, -0.2) is 11.1 Å². The maximum Gasteiger partial charge on any atom is 0.132 e. The molecule has 1 aliphatic carbocycles. The van der Waals surface area contributed by atoms with Crippen molar-refractivity contribution >= 4 is 0 Å². The van der Waals surface area contributed by atoms with E-state index in [-0.39, 0.29) is 18.0 Å². The first kappa shape index (κ1) is 10.5. The summed E-state index contributed by atoms with van der Waals surface area (Å²) in [4.78, 5) is 0. The Hall–Kier alpha value is -1.00. The molecule has 1 aromatic rings. The van der Waals surface area contributed by atoms with Crippen LogP contribution in [0.3, 0.4) is 0 Å². The topological polar surface area (TPSA) is 46.2 Å². The van der Waals surface area contributed by atoms with Crippen LogP contribution in [0, 0.1) is 11.6 Å². The molecule has 0 aromatic heterocycles. The number of nitrogens with two attached hydrogens (primary N) is 1. The van der Waals surface area contributed by atoms with Crippen molar-refractivity contribution in [3.8, 4) is 0 Å². The van der Waals surface area contributed by atoms with Crippen LogP contribution < -0.4 is 5.73 Å². The fourth-order valence-electron chi connectivity index (χ4n) is 2.23. The molecule has 1 saturated carbocycles. The van der Waals surface area contributed by atoms with E-state index in [1.165, 1.54) is 6.07 Å². The third-order valence-corrected chi connectivity index (χ3v) is 2.96. The summed E-state index contributed by atoms with van der Waals surface area (Å²) in [5.74, 6) is -1.40. The second-order valence-electron chi connectivity index (χ2n) is 4.13. The van der Waals surface area contributed by atoms with Gasteiger partial charge in [0.25, 0.3) is 0 Å². The number of aliphatic hydroxyl groups is 1. The first-order chi connectivity index (χ1) is 7.03. The zero-order valence-corrected chi connectivity index (χ0v) is 8.21. The lowest BCUT2D eigenvalue weighted by molar-refractivity contribution is 0.0355. The number of halogens is 2. The second kappa shape index (κ2) is 3.54. The molecule has 0 aliphatic heterocycles. The Morgan fingerprint density at radius 3 is 2.40 bits per heavy atom. The molecule has 1 aliphatic rings. The van der Waals surface area contributed by atoms with Gasteiger partial charge in [-0.2, -0.15) is 0 Å². The Balaban J connectivity index is 2.45. The number of hydrogen-bond acceptors (Lipinski definition) is 2. The summed E-state index contributed by atoms with van der Waals surface area (Å²) >= 11 is 0. The normalized spacial score (nSPS) is 30.8. The van der Waals surface area contributed by atoms with Crippen LogP contribution in [-0.2, 0) is 5.60 Å². The van der Waals surface area contributed by atoms with Crippen molar-refractivity contribution < 1.29 is 13.9 Å². The second-order valence-corrected chi connectivity index (χ2v) is 4.13. The Kier molecular flexibility index (Phi) is 2.48. The van der Waals surface area contributed by atoms with Gasteiger partial charge in [-0.25, -0.2) is 8.78 Å². The zero-order valence-electron chi connectivity index (χ0n) is 8.21. The maximum atomic E-state index is 13.4. The van der Waals surface area contributed by atoms with Crippen molar-refractivity contribution in [2.24, 2.45) is 5.73 Å². The largest absolute Gasteiger partial charge is 0.385 e. The summed E-state index contributed by atoms with van der Waals surface area (Å²) in [5, 5.41) is 10.1. The smallest absolute Gasteiger partial charge is 0.132 e. The van der Waals surface area contributed by atoms with Gasteiger partial charge < -0.3 is 10.8 Å². The van der Waals surface area contributed by atoms with Crippen molar-refractivity contribution in [1.29, 1.82) is 0 Å². The average Bonchev–Trinajstić information content (AvgIpc) is 2.46. The standard InChI is InChI=1S/C11H13F2NO/c12-8-2-1-3-9(13)10(8)11(15)5-4-7(14)6-11/h1-3,7,15H,4-6,14H2. The quantitative estimate of drug-likeness (QED) is 0.745. The summed E-state index contributed by atoms with van der Waals surface area (Å²) < 4.78 is 26.9. The molecule has 2 atom stereocenters. The van der Waals surface area contributed by atoms with E-state index in [2.05, 4.69) is 0 Å². The molecule has 2 nitrogen and oxygen atoms in total. The molecule has 0 spiro atoms. The van der Waals surface area contributed by atoms with Crippen LogP contribution in [0.1, 0.15) is 24.8 Å². The summed E-state index contributed by atoms with van der Waals surface area (Å²) in [6.45, 7) is 0. The fourth-order valence-corrected chi connectivity index (χ4v) is 2.23. The minimum Gasteiger partial charge on any atom is -0.385 e. The highest BCUT2D eigenvalue weighted by Gasteiger charge is 2.41. The molecule has 0 bridgehead atoms. The van der Waals surface area contributed by atoms with Crippen LogP contribution in [0.5, 0.6) is 0 Å². The van der Waals surface area contributed by atoms with Gasteiger partial charge in [-0.15, -0.1) is 0 Å². The lowest BCUT2D eigenvalue weighted by Gasteiger charge is -2.23. The van der Waals surface area contributed by atoms with Gasteiger partial charge in [-0.05, 0) is 31.4 Å². The van der Waals surface area contributed by atoms with E-state index >= 15 is 0 Å². The molecule has 1 fully saturated rings. The molecular weight excluding hydrogens is 200 g/mol. The molecular formula is C11H13F2NO. The Morgan fingerprint density at radius 2 is 1.93 bits per heavy atom. The third kappa shape index (κ3) is 1.75. The molecule has 4 heteroatoms. The van der Waals surface area contributed by atoms with Gasteiger partial charge in [0.15, 0.2) is 0 Å². The number of rotatable bonds is 1. The molecule has 15 heavy (non-hydrogen) atoms. The maximum absolute atomic E-state index is 13.4. The fraction of sp³-hybridized carbons (Fsp3) is 0.455. The molecule has 0 radical (unpaired) electrons. The van der Waals surface area contributed by atoms with E-state index in [4.69, 9.17) is 5.73 Å². The minimum atomic E-state index is -1.44. The molecule has 82 valence electrons. The average molecular weight is 213 g/mol. The SMILES string of the molecule is NC1CCC(O)(c2c(F)cccc2F)C1. The van der Waals surface area contributed by atoms with Gasteiger partial charge in [0.1, 0.15) is 11.6 Å². The first-order valence-electron chi connectivity index (χ1n) is 4.95. The molecule has 0 amide bonds. The van der Waals surface area contributed by atoms with Crippen LogP contribution in [0.4, 0.5) is 8.78 Å². The van der Waals surface area contributed by atoms with Gasteiger partial charge in [0.2, 0.25) is 0 Å². The summed E-state index contributed by atoms with van der Waals surface area (Å²) in [7, 11) is 0. The van der Waals surface area contributed by atoms with Crippen LogP contribution in [0.15, 0.2) is 18.2 Å². The van der Waals surface area contributed by atoms with Crippen molar-refractivity contribution in [2.75, 3.05) is 0 Å². The van der Waals surface area contributed by atoms with Crippen LogP contribution in [0.2, 0.25) is 0 Å². The number of hydrogen-bond donors (Lipinski definition) is 2. The van der Waals surface area contributed by atoms with Crippen LogP contribution in [0.25, 0.3) is 0 Å². The van der Waals surface area contributed by atoms with E-state index in [0.29, 0.717) is 12.8 Å². The predicted octanol–water partition coefficient (Wildman–Crippen LogP) is 1.66. The van der Waals surface area contributed by atoms with E-state index < -0.39 is 17.2 Å². The monoisotopic (exact) mass is 213 g/mol. The van der Waals surface area contributed by atoms with E-state index in [1.807, 2.05) is 0 Å². The lowest BCUT2D eigenvalue weighted by Crippen LogP contribution is -2.27. The van der Waals surface area contributed by atoms with E-state index in [9.17, 15) is 13.9 Å². The van der Waals surface area contributed by atoms with Crippen molar-refractivity contribution in [3.05, 3.63) is 35.4 Å². The summed E-state index contributed by atoms with van der Waals surface area (Å²) in [6, 6.07) is 3.40. The van der Waals surface area contributed by atoms with Gasteiger partial charge in [-0.1, -0.05) is 6.07 Å². The molecule has 2 unspecified atom stereocenters. The van der Waals surface area contributed by atoms with Gasteiger partial charge in [-0.3, -0.25) is 0 Å². The van der Waals surface area contributed by atoms with Crippen molar-refractivity contribution in [1.82, 2.24) is 0 Å². The molecule has 2 rings (SSSR count). The van der Waals surface area contributed by atoms with Gasteiger partial charge in [0, 0.05) is 6.04 Å². The van der Waals surface area contributed by atoms with Crippen molar-refractivity contribution in [2.45, 2.75) is 30.9 Å². The molecule has 3 N–H and O–H groups in total. The predicted molar refractivity (Wildman–Crippen MR) is 52.1 cm³/mol. The van der Waals surface area contributed by atoms with Gasteiger partial charge >= 0.3 is 0 Å². The van der Waals surface area contributed by atoms with Crippen molar-refractivity contribution in [3.63, 3.8) is 0 Å². The lowest BCUT2D eigenvalue weighted by atomic mass is 9.91. The highest BCUT2D eigenvalue weighted by molar-refractivity contribution is 5.27. The summed E-state index contributed by atoms with van der Waals surface area (Å²) in [6.07, 6.45) is 1.11. The third-order valence-electron chi connectivity index (χ3n) is 2.96. The molecule has 0 saturated heterocycles. The zero-order chi connectivity index (χ0) is 11.1. The highest BCUT2D eigenvalue weighted by Crippen LogP contribution is 2.40. The minimum absolute atomic E-state index is 0.186. The summed E-state index contributed by atoms with van der Waals surface area (Å²) in [5.41, 5.74) is 3.97. The van der Waals surface area contributed by atoms with Crippen LogP contribution >= 0.6 is 0 Å². The Bertz CT molecular complexity index is 363. The molecule has 0 heterocycles.